The molecule has 3 heterocycles. The summed E-state index contributed by atoms with van der Waals surface area (Å²) < 4.78 is 7.39. The van der Waals surface area contributed by atoms with Crippen LogP contribution in [-0.2, 0) is 4.74 Å². The van der Waals surface area contributed by atoms with Crippen molar-refractivity contribution in [3.8, 4) is 0 Å². The summed E-state index contributed by atoms with van der Waals surface area (Å²) in [7, 11) is 0. The van der Waals surface area contributed by atoms with E-state index in [9.17, 15) is 0 Å². The third-order valence-electron chi connectivity index (χ3n) is 3.23. The molecule has 0 amide bonds. The third kappa shape index (κ3) is 1.86. The van der Waals surface area contributed by atoms with Crippen LogP contribution < -0.4 is 5.32 Å². The van der Waals surface area contributed by atoms with Crippen LogP contribution in [0.1, 0.15) is 18.9 Å². The summed E-state index contributed by atoms with van der Waals surface area (Å²) in [6, 6.07) is 4.46. The highest BCUT2D eigenvalue weighted by atomic mass is 16.5. The second-order valence-corrected chi connectivity index (χ2v) is 4.56. The molecule has 1 N–H and O–H groups in total. The molecule has 0 spiro atoms. The highest BCUT2D eigenvalue weighted by molar-refractivity contribution is 5.51. The Morgan fingerprint density at radius 1 is 1.47 bits per heavy atom. The Morgan fingerprint density at radius 3 is 3.12 bits per heavy atom. The number of fused-ring (bicyclic) bond motifs is 1. The number of hydrogen-bond acceptors (Lipinski definition) is 4. The number of aromatic nitrogens is 3. The first-order valence-corrected chi connectivity index (χ1v) is 5.92. The fraction of sp³-hybridized carbons (Fsp3) is 0.500. The summed E-state index contributed by atoms with van der Waals surface area (Å²) in [5.41, 5.74) is 2.05. The number of pyridine rings is 1. The molecule has 0 aromatic carbocycles. The maximum Gasteiger partial charge on any atom is 0.157 e. The molecule has 2 unspecified atom stereocenters. The molecule has 1 aliphatic heterocycles. The van der Waals surface area contributed by atoms with Crippen molar-refractivity contribution >= 4 is 11.5 Å². The summed E-state index contributed by atoms with van der Waals surface area (Å²) in [6.45, 7) is 4.98. The molecule has 5 heteroatoms. The highest BCUT2D eigenvalue weighted by Gasteiger charge is 2.24. The van der Waals surface area contributed by atoms with Gasteiger partial charge in [0.15, 0.2) is 5.65 Å². The quantitative estimate of drug-likeness (QED) is 0.855. The van der Waals surface area contributed by atoms with Crippen molar-refractivity contribution in [3.05, 3.63) is 24.0 Å². The van der Waals surface area contributed by atoms with Crippen molar-refractivity contribution in [3.63, 3.8) is 0 Å². The zero-order chi connectivity index (χ0) is 11.8. The number of aryl methyl sites for hydroxylation is 1. The van der Waals surface area contributed by atoms with Crippen LogP contribution in [0.3, 0.4) is 0 Å². The molecule has 0 saturated carbocycles. The first-order chi connectivity index (χ1) is 8.24. The highest BCUT2D eigenvalue weighted by Crippen LogP contribution is 2.20. The minimum absolute atomic E-state index is 0.245. The van der Waals surface area contributed by atoms with Gasteiger partial charge in [0.25, 0.3) is 0 Å². The topological polar surface area (TPSA) is 51.5 Å². The standard InChI is InChI=1S/C12H16N4O/c1-8-5-11-13-7-14-16(11)12(6-8)15-10-3-4-17-9(10)2/h5-7,9-10,15H,3-4H2,1-2H3. The Kier molecular flexibility index (Phi) is 2.48. The predicted octanol–water partition coefficient (Wildman–Crippen LogP) is 1.63. The van der Waals surface area contributed by atoms with Gasteiger partial charge in [-0.05, 0) is 38.0 Å². The minimum Gasteiger partial charge on any atom is -0.376 e. The molecule has 2 aromatic heterocycles. The van der Waals surface area contributed by atoms with Crippen LogP contribution in [0.5, 0.6) is 0 Å². The molecule has 2 aromatic rings. The van der Waals surface area contributed by atoms with Gasteiger partial charge >= 0.3 is 0 Å². The van der Waals surface area contributed by atoms with E-state index in [2.05, 4.69) is 35.3 Å². The van der Waals surface area contributed by atoms with E-state index in [0.717, 1.165) is 24.5 Å². The Labute approximate surface area is 99.8 Å². The van der Waals surface area contributed by atoms with Gasteiger partial charge in [0, 0.05) is 6.61 Å². The van der Waals surface area contributed by atoms with Crippen LogP contribution >= 0.6 is 0 Å². The number of anilines is 1. The normalized spacial score (nSPS) is 24.4. The van der Waals surface area contributed by atoms with Crippen LogP contribution in [0, 0.1) is 6.92 Å². The number of hydrogen-bond donors (Lipinski definition) is 1. The van der Waals surface area contributed by atoms with Crippen molar-refractivity contribution in [2.45, 2.75) is 32.4 Å². The zero-order valence-electron chi connectivity index (χ0n) is 10.1. The minimum atomic E-state index is 0.245. The van der Waals surface area contributed by atoms with E-state index in [1.54, 1.807) is 6.33 Å². The summed E-state index contributed by atoms with van der Waals surface area (Å²) in [6.07, 6.45) is 2.86. The second kappa shape index (κ2) is 4.00. The molecule has 0 bridgehead atoms. The van der Waals surface area contributed by atoms with Gasteiger partial charge in [-0.1, -0.05) is 0 Å². The van der Waals surface area contributed by atoms with Gasteiger partial charge < -0.3 is 10.1 Å². The fourth-order valence-electron chi connectivity index (χ4n) is 2.27. The van der Waals surface area contributed by atoms with Crippen LogP contribution in [0.2, 0.25) is 0 Å². The Bertz CT molecular complexity index is 536. The van der Waals surface area contributed by atoms with Gasteiger partial charge in [0.05, 0.1) is 12.1 Å². The molecule has 0 aliphatic carbocycles. The Balaban J connectivity index is 1.96. The van der Waals surface area contributed by atoms with Gasteiger partial charge in [-0.3, -0.25) is 0 Å². The lowest BCUT2D eigenvalue weighted by Gasteiger charge is -2.18. The molecule has 1 fully saturated rings. The Morgan fingerprint density at radius 2 is 2.35 bits per heavy atom. The molecule has 2 atom stereocenters. The van der Waals surface area contributed by atoms with Gasteiger partial charge in [-0.2, -0.15) is 9.61 Å². The third-order valence-corrected chi connectivity index (χ3v) is 3.23. The fourth-order valence-corrected chi connectivity index (χ4v) is 2.27. The van der Waals surface area contributed by atoms with E-state index >= 15 is 0 Å². The SMILES string of the molecule is Cc1cc(NC2CCOC2C)n2ncnc2c1. The maximum atomic E-state index is 5.55. The first kappa shape index (κ1) is 10.5. The zero-order valence-corrected chi connectivity index (χ0v) is 10.1. The molecule has 5 nitrogen and oxygen atoms in total. The number of nitrogens with one attached hydrogen (secondary N) is 1. The number of rotatable bonds is 2. The van der Waals surface area contributed by atoms with E-state index in [4.69, 9.17) is 4.74 Å². The van der Waals surface area contributed by atoms with Crippen LogP contribution in [0.15, 0.2) is 18.5 Å². The lowest BCUT2D eigenvalue weighted by Crippen LogP contribution is -2.27. The van der Waals surface area contributed by atoms with E-state index in [0.29, 0.717) is 6.04 Å². The Hall–Kier alpha value is -1.62. The van der Waals surface area contributed by atoms with Crippen molar-refractivity contribution in [2.75, 3.05) is 11.9 Å². The molecule has 1 aliphatic rings. The van der Waals surface area contributed by atoms with E-state index in [-0.39, 0.29) is 6.10 Å². The van der Waals surface area contributed by atoms with Crippen LogP contribution in [0.25, 0.3) is 5.65 Å². The summed E-state index contributed by atoms with van der Waals surface area (Å²) in [5, 5.41) is 7.73. The molecule has 90 valence electrons. The van der Waals surface area contributed by atoms with Crippen LogP contribution in [-0.4, -0.2) is 33.4 Å². The van der Waals surface area contributed by atoms with Crippen molar-refractivity contribution in [2.24, 2.45) is 0 Å². The van der Waals surface area contributed by atoms with Gasteiger partial charge in [-0.25, -0.2) is 4.98 Å². The molecular weight excluding hydrogens is 216 g/mol. The van der Waals surface area contributed by atoms with Crippen LogP contribution in [0.4, 0.5) is 5.82 Å². The molecule has 0 radical (unpaired) electrons. The molecular formula is C12H16N4O. The summed E-state index contributed by atoms with van der Waals surface area (Å²) >= 11 is 0. The molecule has 17 heavy (non-hydrogen) atoms. The predicted molar refractivity (Wildman–Crippen MR) is 65.2 cm³/mol. The molecule has 3 rings (SSSR count). The van der Waals surface area contributed by atoms with E-state index in [1.165, 1.54) is 5.56 Å². The monoisotopic (exact) mass is 232 g/mol. The molecule has 1 saturated heterocycles. The number of nitrogens with zero attached hydrogens (tertiary/aromatic N) is 3. The van der Waals surface area contributed by atoms with E-state index in [1.807, 2.05) is 10.6 Å². The van der Waals surface area contributed by atoms with Crippen molar-refractivity contribution in [1.82, 2.24) is 14.6 Å². The van der Waals surface area contributed by atoms with Crippen molar-refractivity contribution in [1.29, 1.82) is 0 Å². The summed E-state index contributed by atoms with van der Waals surface area (Å²) in [5.74, 6) is 0.986. The van der Waals surface area contributed by atoms with E-state index < -0.39 is 0 Å². The average molecular weight is 232 g/mol. The van der Waals surface area contributed by atoms with Gasteiger partial charge in [0.2, 0.25) is 0 Å². The van der Waals surface area contributed by atoms with Gasteiger partial charge in [-0.15, -0.1) is 0 Å². The first-order valence-electron chi connectivity index (χ1n) is 5.92. The number of ether oxygens (including phenoxy) is 1. The smallest absolute Gasteiger partial charge is 0.157 e. The summed E-state index contributed by atoms with van der Waals surface area (Å²) in [4.78, 5) is 4.21. The second-order valence-electron chi connectivity index (χ2n) is 4.56. The average Bonchev–Trinajstić information content (AvgIpc) is 2.88. The largest absolute Gasteiger partial charge is 0.376 e. The van der Waals surface area contributed by atoms with Crippen molar-refractivity contribution < 1.29 is 4.74 Å². The lowest BCUT2D eigenvalue weighted by atomic mass is 10.1. The van der Waals surface area contributed by atoms with Gasteiger partial charge in [0.1, 0.15) is 12.1 Å². The maximum absolute atomic E-state index is 5.55. The lowest BCUT2D eigenvalue weighted by molar-refractivity contribution is 0.121.